The summed E-state index contributed by atoms with van der Waals surface area (Å²) in [6, 6.07) is 7.64. The second-order valence-electron chi connectivity index (χ2n) is 5.07. The van der Waals surface area contributed by atoms with Crippen LogP contribution in [-0.2, 0) is 7.05 Å². The number of nitriles is 1. The first-order valence-corrected chi connectivity index (χ1v) is 6.80. The molecule has 6 nitrogen and oxygen atoms in total. The Labute approximate surface area is 131 Å². The molecule has 0 spiro atoms. The summed E-state index contributed by atoms with van der Waals surface area (Å²) in [4.78, 5) is 16.9. The van der Waals surface area contributed by atoms with E-state index in [9.17, 15) is 9.18 Å². The van der Waals surface area contributed by atoms with E-state index in [4.69, 9.17) is 5.26 Å². The minimum atomic E-state index is -0.453. The van der Waals surface area contributed by atoms with Gasteiger partial charge in [-0.1, -0.05) is 0 Å². The van der Waals surface area contributed by atoms with Gasteiger partial charge in [0.15, 0.2) is 0 Å². The van der Waals surface area contributed by atoms with Crippen molar-refractivity contribution in [1.29, 1.82) is 5.26 Å². The first-order valence-electron chi connectivity index (χ1n) is 6.80. The standard InChI is InChI=1S/C16H12FN5O/c1-9-5-13(12-6-11(17)3-4-14(12)20-9)16(23)21-15-10(7-18)8-19-22(15)2/h3-6,8H,1-2H3,(H,21,23). The quantitative estimate of drug-likeness (QED) is 0.788. The summed E-state index contributed by atoms with van der Waals surface area (Å²) in [5, 5.41) is 16.1. The predicted octanol–water partition coefficient (Wildman–Crippen LogP) is 2.54. The number of aromatic nitrogens is 3. The molecule has 2 aromatic heterocycles. The van der Waals surface area contributed by atoms with Crippen LogP contribution < -0.4 is 5.32 Å². The van der Waals surface area contributed by atoms with E-state index < -0.39 is 11.7 Å². The minimum absolute atomic E-state index is 0.252. The maximum atomic E-state index is 13.5. The van der Waals surface area contributed by atoms with E-state index in [2.05, 4.69) is 15.4 Å². The third-order valence-electron chi connectivity index (χ3n) is 3.43. The number of pyridine rings is 1. The van der Waals surface area contributed by atoms with Crippen molar-refractivity contribution in [3.05, 3.63) is 53.1 Å². The summed E-state index contributed by atoms with van der Waals surface area (Å²) < 4.78 is 14.9. The zero-order valence-corrected chi connectivity index (χ0v) is 12.5. The molecule has 1 N–H and O–H groups in total. The van der Waals surface area contributed by atoms with Crippen LogP contribution in [-0.4, -0.2) is 20.7 Å². The highest BCUT2D eigenvalue weighted by Gasteiger charge is 2.16. The number of carbonyl (C=O) groups excluding carboxylic acids is 1. The van der Waals surface area contributed by atoms with E-state index in [1.54, 1.807) is 20.0 Å². The smallest absolute Gasteiger partial charge is 0.257 e. The molecule has 0 radical (unpaired) electrons. The first-order chi connectivity index (χ1) is 11.0. The number of rotatable bonds is 2. The van der Waals surface area contributed by atoms with Gasteiger partial charge in [0.05, 0.1) is 17.3 Å². The van der Waals surface area contributed by atoms with E-state index in [0.29, 0.717) is 16.6 Å². The molecule has 0 atom stereocenters. The summed E-state index contributed by atoms with van der Waals surface area (Å²) in [5.74, 6) is -0.613. The number of nitrogens with zero attached hydrogens (tertiary/aromatic N) is 4. The topological polar surface area (TPSA) is 83.6 Å². The van der Waals surface area contributed by atoms with Gasteiger partial charge in [0, 0.05) is 18.1 Å². The molecule has 0 aliphatic carbocycles. The fourth-order valence-electron chi connectivity index (χ4n) is 2.36. The lowest BCUT2D eigenvalue weighted by molar-refractivity contribution is 0.102. The second kappa shape index (κ2) is 5.50. The van der Waals surface area contributed by atoms with Gasteiger partial charge in [0.1, 0.15) is 23.3 Å². The molecule has 2 heterocycles. The Morgan fingerprint density at radius 1 is 1.39 bits per heavy atom. The van der Waals surface area contributed by atoms with Crippen molar-refractivity contribution in [3.63, 3.8) is 0 Å². The second-order valence-corrected chi connectivity index (χ2v) is 5.07. The zero-order chi connectivity index (χ0) is 16.6. The molecule has 7 heteroatoms. The van der Waals surface area contributed by atoms with Crippen molar-refractivity contribution >= 4 is 22.6 Å². The molecule has 0 fully saturated rings. The van der Waals surface area contributed by atoms with Crippen LogP contribution in [0.1, 0.15) is 21.6 Å². The number of hydrogen-bond donors (Lipinski definition) is 1. The number of benzene rings is 1. The molecular weight excluding hydrogens is 297 g/mol. The number of aryl methyl sites for hydroxylation is 2. The molecular formula is C16H12FN5O. The summed E-state index contributed by atoms with van der Waals surface area (Å²) >= 11 is 0. The van der Waals surface area contributed by atoms with E-state index in [1.807, 2.05) is 6.07 Å². The first kappa shape index (κ1) is 14.7. The molecule has 0 aliphatic rings. The highest BCUT2D eigenvalue weighted by Crippen LogP contribution is 2.22. The van der Waals surface area contributed by atoms with Crippen LogP contribution in [0.2, 0.25) is 0 Å². The Kier molecular flexibility index (Phi) is 3.50. The summed E-state index contributed by atoms with van der Waals surface area (Å²) in [6.07, 6.45) is 1.37. The van der Waals surface area contributed by atoms with Crippen LogP contribution in [0.5, 0.6) is 0 Å². The Hall–Kier alpha value is -3.27. The van der Waals surface area contributed by atoms with Crippen LogP contribution in [0.3, 0.4) is 0 Å². The SMILES string of the molecule is Cc1cc(C(=O)Nc2c(C#N)cnn2C)c2cc(F)ccc2n1. The molecule has 3 rings (SSSR count). The van der Waals surface area contributed by atoms with Gasteiger partial charge in [0.2, 0.25) is 0 Å². The van der Waals surface area contributed by atoms with Gasteiger partial charge in [-0.05, 0) is 31.2 Å². The normalized spacial score (nSPS) is 10.5. The molecule has 0 saturated heterocycles. The average Bonchev–Trinajstić information content (AvgIpc) is 2.87. The van der Waals surface area contributed by atoms with Gasteiger partial charge in [-0.2, -0.15) is 10.4 Å². The lowest BCUT2D eigenvalue weighted by atomic mass is 10.1. The number of nitrogens with one attached hydrogen (secondary N) is 1. The maximum absolute atomic E-state index is 13.5. The molecule has 0 saturated carbocycles. The largest absolute Gasteiger partial charge is 0.306 e. The maximum Gasteiger partial charge on any atom is 0.257 e. The van der Waals surface area contributed by atoms with Gasteiger partial charge < -0.3 is 5.32 Å². The van der Waals surface area contributed by atoms with Crippen LogP contribution in [0.4, 0.5) is 10.2 Å². The molecule has 1 aromatic carbocycles. The van der Waals surface area contributed by atoms with Crippen molar-refractivity contribution in [1.82, 2.24) is 14.8 Å². The van der Waals surface area contributed by atoms with Gasteiger partial charge >= 0.3 is 0 Å². The molecule has 23 heavy (non-hydrogen) atoms. The van der Waals surface area contributed by atoms with Crippen LogP contribution in [0.15, 0.2) is 30.5 Å². The third kappa shape index (κ3) is 2.62. The van der Waals surface area contributed by atoms with Crippen molar-refractivity contribution in [2.24, 2.45) is 7.05 Å². The van der Waals surface area contributed by atoms with Crippen molar-refractivity contribution < 1.29 is 9.18 Å². The van der Waals surface area contributed by atoms with Crippen molar-refractivity contribution in [2.75, 3.05) is 5.32 Å². The van der Waals surface area contributed by atoms with E-state index in [-0.39, 0.29) is 16.9 Å². The third-order valence-corrected chi connectivity index (χ3v) is 3.43. The van der Waals surface area contributed by atoms with Gasteiger partial charge in [-0.25, -0.2) is 4.39 Å². The number of hydrogen-bond acceptors (Lipinski definition) is 4. The number of anilines is 1. The number of halogens is 1. The number of carbonyl (C=O) groups is 1. The zero-order valence-electron chi connectivity index (χ0n) is 12.5. The fourth-order valence-corrected chi connectivity index (χ4v) is 2.36. The Morgan fingerprint density at radius 2 is 2.17 bits per heavy atom. The number of fused-ring (bicyclic) bond motifs is 1. The molecule has 3 aromatic rings. The monoisotopic (exact) mass is 309 g/mol. The highest BCUT2D eigenvalue weighted by molar-refractivity contribution is 6.12. The molecule has 0 bridgehead atoms. The van der Waals surface area contributed by atoms with Crippen molar-refractivity contribution in [2.45, 2.75) is 6.92 Å². The van der Waals surface area contributed by atoms with Crippen LogP contribution >= 0.6 is 0 Å². The van der Waals surface area contributed by atoms with E-state index >= 15 is 0 Å². The number of amides is 1. The molecule has 0 aliphatic heterocycles. The van der Waals surface area contributed by atoms with Crippen LogP contribution in [0, 0.1) is 24.1 Å². The Morgan fingerprint density at radius 3 is 2.91 bits per heavy atom. The van der Waals surface area contributed by atoms with E-state index in [0.717, 1.165) is 0 Å². The summed E-state index contributed by atoms with van der Waals surface area (Å²) in [5.41, 5.74) is 1.71. The van der Waals surface area contributed by atoms with Crippen molar-refractivity contribution in [3.8, 4) is 6.07 Å². The minimum Gasteiger partial charge on any atom is -0.306 e. The van der Waals surface area contributed by atoms with Crippen LogP contribution in [0.25, 0.3) is 10.9 Å². The summed E-state index contributed by atoms with van der Waals surface area (Å²) in [7, 11) is 1.62. The lowest BCUT2D eigenvalue weighted by Gasteiger charge is -2.09. The fraction of sp³-hybridized carbons (Fsp3) is 0.125. The van der Waals surface area contributed by atoms with E-state index in [1.165, 1.54) is 29.1 Å². The Bertz CT molecular complexity index is 970. The van der Waals surface area contributed by atoms with Gasteiger partial charge in [-0.15, -0.1) is 0 Å². The molecule has 0 unspecified atom stereocenters. The highest BCUT2D eigenvalue weighted by atomic mass is 19.1. The molecule has 114 valence electrons. The predicted molar refractivity (Wildman–Crippen MR) is 82.3 cm³/mol. The molecule has 1 amide bonds. The lowest BCUT2D eigenvalue weighted by Crippen LogP contribution is -2.16. The van der Waals surface area contributed by atoms with Gasteiger partial charge in [0.25, 0.3) is 5.91 Å². The average molecular weight is 309 g/mol. The Balaban J connectivity index is 2.09. The summed E-state index contributed by atoms with van der Waals surface area (Å²) in [6.45, 7) is 1.75. The van der Waals surface area contributed by atoms with Gasteiger partial charge in [-0.3, -0.25) is 14.5 Å².